The lowest BCUT2D eigenvalue weighted by molar-refractivity contribution is -0.113. The van der Waals surface area contributed by atoms with Crippen LogP contribution < -0.4 is 5.32 Å². The minimum absolute atomic E-state index is 0.0475. The van der Waals surface area contributed by atoms with Crippen LogP contribution in [0.15, 0.2) is 83.9 Å². The maximum atomic E-state index is 14.0. The number of nitrogens with one attached hydrogen (secondary N) is 1. The fourth-order valence-corrected chi connectivity index (χ4v) is 4.32. The number of amides is 1. The van der Waals surface area contributed by atoms with Gasteiger partial charge in [-0.25, -0.2) is 9.37 Å². The molecular weight excluding hydrogens is 483 g/mol. The first kappa shape index (κ1) is 24.0. The van der Waals surface area contributed by atoms with Crippen LogP contribution in [0.1, 0.15) is 11.1 Å². The van der Waals surface area contributed by atoms with Gasteiger partial charge in [0, 0.05) is 16.1 Å². The van der Waals surface area contributed by atoms with Crippen molar-refractivity contribution < 1.29 is 9.18 Å². The summed E-state index contributed by atoms with van der Waals surface area (Å²) in [7, 11) is 0. The molecule has 0 bridgehead atoms. The summed E-state index contributed by atoms with van der Waals surface area (Å²) in [4.78, 5) is 17.3. The minimum atomic E-state index is -0.430. The number of rotatable bonds is 6. The Labute approximate surface area is 210 Å². The lowest BCUT2D eigenvalue weighted by Gasteiger charge is -2.13. The number of nitrogens with zero attached hydrogens (tertiary/aromatic N) is 3. The van der Waals surface area contributed by atoms with Gasteiger partial charge in [-0.1, -0.05) is 59.8 Å². The molecule has 0 aliphatic heterocycles. The van der Waals surface area contributed by atoms with E-state index in [0.717, 1.165) is 17.3 Å². The van der Waals surface area contributed by atoms with Crippen LogP contribution in [0.5, 0.6) is 0 Å². The number of benzene rings is 3. The zero-order valence-electron chi connectivity index (χ0n) is 18.1. The number of thioether (sulfide) groups is 1. The number of halogens is 2. The number of nitriles is 2. The van der Waals surface area contributed by atoms with Gasteiger partial charge in [-0.3, -0.25) is 4.79 Å². The normalized spacial score (nSPS) is 10.3. The number of pyridine rings is 1. The van der Waals surface area contributed by atoms with E-state index in [1.807, 2.05) is 6.07 Å². The number of carbonyl (C=O) groups excluding carboxylic acids is 1. The molecule has 0 saturated carbocycles. The summed E-state index contributed by atoms with van der Waals surface area (Å²) in [5, 5.41) is 22.8. The van der Waals surface area contributed by atoms with Crippen molar-refractivity contribution in [2.24, 2.45) is 0 Å². The van der Waals surface area contributed by atoms with Crippen LogP contribution in [-0.2, 0) is 4.79 Å². The minimum Gasteiger partial charge on any atom is -0.324 e. The highest BCUT2D eigenvalue weighted by Gasteiger charge is 2.18. The molecule has 0 radical (unpaired) electrons. The molecule has 0 fully saturated rings. The SMILES string of the molecule is N#Cc1ccccc1NC(=O)CSc1nc(-c2ccc(Cl)cc2)cc(-c2cccc(F)c2)c1C#N. The van der Waals surface area contributed by atoms with Crippen molar-refractivity contribution in [1.82, 2.24) is 4.98 Å². The van der Waals surface area contributed by atoms with Gasteiger partial charge in [-0.05, 0) is 48.0 Å². The zero-order chi connectivity index (χ0) is 24.8. The van der Waals surface area contributed by atoms with Gasteiger partial charge in [0.1, 0.15) is 23.0 Å². The Kier molecular flexibility index (Phi) is 7.42. The fourth-order valence-electron chi connectivity index (χ4n) is 3.40. The summed E-state index contributed by atoms with van der Waals surface area (Å²) in [6.45, 7) is 0. The molecule has 0 spiro atoms. The van der Waals surface area contributed by atoms with Gasteiger partial charge in [-0.2, -0.15) is 10.5 Å². The first-order chi connectivity index (χ1) is 17.0. The molecule has 4 aromatic rings. The number of hydrogen-bond acceptors (Lipinski definition) is 5. The Balaban J connectivity index is 1.71. The van der Waals surface area contributed by atoms with Gasteiger partial charge >= 0.3 is 0 Å². The molecule has 0 atom stereocenters. The monoisotopic (exact) mass is 498 g/mol. The second-order valence-corrected chi connectivity index (χ2v) is 8.76. The maximum absolute atomic E-state index is 14.0. The maximum Gasteiger partial charge on any atom is 0.234 e. The third-order valence-corrected chi connectivity index (χ3v) is 6.26. The molecule has 1 aromatic heterocycles. The number of para-hydroxylation sites is 1. The summed E-state index contributed by atoms with van der Waals surface area (Å²) in [6.07, 6.45) is 0. The van der Waals surface area contributed by atoms with Crippen molar-refractivity contribution in [2.45, 2.75) is 5.03 Å². The van der Waals surface area contributed by atoms with Crippen LogP contribution in [-0.4, -0.2) is 16.6 Å². The van der Waals surface area contributed by atoms with E-state index in [4.69, 9.17) is 11.6 Å². The number of anilines is 1. The van der Waals surface area contributed by atoms with Crippen molar-refractivity contribution in [1.29, 1.82) is 10.5 Å². The first-order valence-electron chi connectivity index (χ1n) is 10.4. The highest BCUT2D eigenvalue weighted by molar-refractivity contribution is 8.00. The van der Waals surface area contributed by atoms with Gasteiger partial charge in [0.2, 0.25) is 5.91 Å². The Bertz CT molecular complexity index is 1490. The van der Waals surface area contributed by atoms with E-state index in [2.05, 4.69) is 16.4 Å². The summed E-state index contributed by atoms with van der Waals surface area (Å²) < 4.78 is 14.0. The molecule has 35 heavy (non-hydrogen) atoms. The van der Waals surface area contributed by atoms with E-state index in [9.17, 15) is 19.7 Å². The third-order valence-electron chi connectivity index (χ3n) is 5.04. The highest BCUT2D eigenvalue weighted by Crippen LogP contribution is 2.35. The molecule has 3 aromatic carbocycles. The third kappa shape index (κ3) is 5.67. The molecule has 1 N–H and O–H groups in total. The lowest BCUT2D eigenvalue weighted by atomic mass is 9.99. The van der Waals surface area contributed by atoms with E-state index in [0.29, 0.717) is 38.1 Å². The largest absolute Gasteiger partial charge is 0.324 e. The molecule has 1 amide bonds. The Hall–Kier alpha value is -4.17. The van der Waals surface area contributed by atoms with Crippen molar-refractivity contribution in [3.8, 4) is 34.5 Å². The van der Waals surface area contributed by atoms with E-state index in [1.165, 1.54) is 12.1 Å². The second kappa shape index (κ2) is 10.8. The van der Waals surface area contributed by atoms with Crippen molar-refractivity contribution >= 4 is 35.0 Å². The molecule has 0 aliphatic rings. The molecule has 4 rings (SSSR count). The van der Waals surface area contributed by atoms with E-state index < -0.39 is 5.82 Å². The predicted octanol–water partition coefficient (Wildman–Crippen LogP) is 6.68. The molecule has 1 heterocycles. The quantitative estimate of drug-likeness (QED) is 0.299. The van der Waals surface area contributed by atoms with E-state index in [-0.39, 0.29) is 17.2 Å². The molecule has 170 valence electrons. The van der Waals surface area contributed by atoms with Gasteiger partial charge in [0.15, 0.2) is 0 Å². The van der Waals surface area contributed by atoms with Gasteiger partial charge in [-0.15, -0.1) is 0 Å². The van der Waals surface area contributed by atoms with Crippen molar-refractivity contribution in [2.75, 3.05) is 11.1 Å². The van der Waals surface area contributed by atoms with Gasteiger partial charge in [0.05, 0.1) is 28.3 Å². The topological polar surface area (TPSA) is 89.6 Å². The van der Waals surface area contributed by atoms with Crippen LogP contribution in [0.2, 0.25) is 5.02 Å². The molecular formula is C27H16ClFN4OS. The fraction of sp³-hybridized carbons (Fsp3) is 0.0370. The second-order valence-electron chi connectivity index (χ2n) is 7.36. The van der Waals surface area contributed by atoms with Crippen LogP contribution in [0.4, 0.5) is 10.1 Å². The van der Waals surface area contributed by atoms with Gasteiger partial charge < -0.3 is 5.32 Å². The first-order valence-corrected chi connectivity index (χ1v) is 11.7. The molecule has 0 saturated heterocycles. The van der Waals surface area contributed by atoms with E-state index >= 15 is 0 Å². The van der Waals surface area contributed by atoms with Crippen LogP contribution in [0, 0.1) is 28.5 Å². The molecule has 8 heteroatoms. The summed E-state index contributed by atoms with van der Waals surface area (Å²) >= 11 is 7.11. The average molecular weight is 499 g/mol. The zero-order valence-corrected chi connectivity index (χ0v) is 19.7. The summed E-state index contributed by atoms with van der Waals surface area (Å²) in [6, 6.07) is 25.6. The number of aromatic nitrogens is 1. The highest BCUT2D eigenvalue weighted by atomic mass is 35.5. The molecule has 5 nitrogen and oxygen atoms in total. The Morgan fingerprint density at radius 3 is 2.46 bits per heavy atom. The lowest BCUT2D eigenvalue weighted by Crippen LogP contribution is -2.15. The average Bonchev–Trinajstić information content (AvgIpc) is 2.87. The Morgan fingerprint density at radius 2 is 1.74 bits per heavy atom. The van der Waals surface area contributed by atoms with Crippen molar-refractivity contribution in [3.05, 3.63) is 101 Å². The van der Waals surface area contributed by atoms with Crippen molar-refractivity contribution in [3.63, 3.8) is 0 Å². The Morgan fingerprint density at radius 1 is 0.971 bits per heavy atom. The van der Waals surface area contributed by atoms with E-state index in [1.54, 1.807) is 66.7 Å². The summed E-state index contributed by atoms with van der Waals surface area (Å²) in [5.41, 5.74) is 3.33. The smallest absolute Gasteiger partial charge is 0.234 e. The van der Waals surface area contributed by atoms with Gasteiger partial charge in [0.25, 0.3) is 0 Å². The van der Waals surface area contributed by atoms with Crippen LogP contribution >= 0.6 is 23.4 Å². The van der Waals surface area contributed by atoms with Crippen LogP contribution in [0.25, 0.3) is 22.4 Å². The standard InChI is InChI=1S/C27H16ClFN4OS/c28-20-10-8-17(9-11-20)25-13-22(18-5-3-6-21(29)12-18)23(15-31)27(33-25)35-16-26(34)32-24-7-2-1-4-19(24)14-30/h1-13H,16H2,(H,32,34). The van der Waals surface area contributed by atoms with Crippen LogP contribution in [0.3, 0.4) is 0 Å². The summed E-state index contributed by atoms with van der Waals surface area (Å²) in [5.74, 6) is -0.831. The number of carbonyl (C=O) groups is 1. The predicted molar refractivity (Wildman–Crippen MR) is 135 cm³/mol. The number of hydrogen-bond donors (Lipinski definition) is 1. The molecule has 0 unspecified atom stereocenters. The molecule has 0 aliphatic carbocycles.